The van der Waals surface area contributed by atoms with Crippen LogP contribution in [0.15, 0.2) is 65.3 Å². The van der Waals surface area contributed by atoms with Gasteiger partial charge in [0.15, 0.2) is 5.13 Å². The second-order valence-electron chi connectivity index (χ2n) is 7.44. The molecule has 1 saturated heterocycles. The Labute approximate surface area is 204 Å². The summed E-state index contributed by atoms with van der Waals surface area (Å²) in [4.78, 5) is 44.4. The Balaban J connectivity index is 1.83. The number of carbonyl (C=O) groups is 3. The number of rotatable bonds is 8. The first-order valence-corrected chi connectivity index (χ1v) is 11.5. The Kier molecular flexibility index (Phi) is 6.83. The first-order chi connectivity index (χ1) is 16.9. The summed E-state index contributed by atoms with van der Waals surface area (Å²) in [6.07, 6.45) is 2.83. The highest BCUT2D eigenvalue weighted by atomic mass is 32.1. The Morgan fingerprint density at radius 2 is 2.11 bits per heavy atom. The van der Waals surface area contributed by atoms with E-state index >= 15 is 0 Å². The molecule has 1 aliphatic rings. The van der Waals surface area contributed by atoms with Gasteiger partial charge in [-0.1, -0.05) is 36.1 Å². The molecule has 1 fully saturated rings. The quantitative estimate of drug-likeness (QED) is 0.161. The van der Waals surface area contributed by atoms with Crippen molar-refractivity contribution in [3.63, 3.8) is 0 Å². The number of nitrogens with zero attached hydrogens (tertiary/aromatic N) is 2. The average molecular weight is 495 g/mol. The fraction of sp³-hybridized carbons (Fsp3) is 0.200. The average Bonchev–Trinajstić information content (AvgIpc) is 3.57. The maximum absolute atomic E-state index is 13.2. The predicted octanol–water partition coefficient (Wildman–Crippen LogP) is 4.41. The summed E-state index contributed by atoms with van der Waals surface area (Å²) in [5, 5.41) is 11.3. The molecule has 10 heteroatoms. The van der Waals surface area contributed by atoms with Crippen molar-refractivity contribution < 1.29 is 33.4 Å². The molecule has 1 atom stereocenters. The highest BCUT2D eigenvalue weighted by Crippen LogP contribution is 2.44. The molecule has 180 valence electrons. The van der Waals surface area contributed by atoms with E-state index in [0.29, 0.717) is 23.6 Å². The molecule has 0 bridgehead atoms. The molecule has 0 radical (unpaired) electrons. The van der Waals surface area contributed by atoms with Gasteiger partial charge in [0.2, 0.25) is 0 Å². The second-order valence-corrected chi connectivity index (χ2v) is 8.42. The third kappa shape index (κ3) is 4.47. The van der Waals surface area contributed by atoms with E-state index in [1.165, 1.54) is 12.3 Å². The molecule has 0 spiro atoms. The number of anilines is 1. The first-order valence-electron chi connectivity index (χ1n) is 10.7. The number of aliphatic hydroxyl groups excluding tert-OH is 1. The fourth-order valence-corrected chi connectivity index (χ4v) is 4.66. The van der Waals surface area contributed by atoms with Crippen molar-refractivity contribution in [2.24, 2.45) is 0 Å². The molecule has 1 N–H and O–H groups in total. The van der Waals surface area contributed by atoms with Crippen LogP contribution in [0.2, 0.25) is 0 Å². The SMILES string of the molecule is C=CCOC(=O)c1sc(N2C(=O)C(=O)/C(=C(/O)c3cccc(OCC)c3)C2c2ccco2)nc1C. The highest BCUT2D eigenvalue weighted by Gasteiger charge is 2.49. The maximum atomic E-state index is 13.2. The van der Waals surface area contributed by atoms with Crippen molar-refractivity contribution in [3.8, 4) is 5.75 Å². The summed E-state index contributed by atoms with van der Waals surface area (Å²) >= 11 is 0.908. The first kappa shape index (κ1) is 24.0. The van der Waals surface area contributed by atoms with Crippen LogP contribution in [0.3, 0.4) is 0 Å². The van der Waals surface area contributed by atoms with Crippen molar-refractivity contribution >= 4 is 39.9 Å². The van der Waals surface area contributed by atoms with Crippen molar-refractivity contribution in [3.05, 3.63) is 82.8 Å². The van der Waals surface area contributed by atoms with E-state index in [1.54, 1.807) is 43.3 Å². The lowest BCUT2D eigenvalue weighted by atomic mass is 9.99. The van der Waals surface area contributed by atoms with Gasteiger partial charge in [0.25, 0.3) is 5.78 Å². The molecule has 3 aromatic rings. The van der Waals surface area contributed by atoms with Crippen LogP contribution in [-0.2, 0) is 14.3 Å². The van der Waals surface area contributed by atoms with Crippen LogP contribution in [0, 0.1) is 6.92 Å². The van der Waals surface area contributed by atoms with E-state index in [-0.39, 0.29) is 33.7 Å². The van der Waals surface area contributed by atoms with Crippen LogP contribution in [0.1, 0.15) is 39.7 Å². The lowest BCUT2D eigenvalue weighted by molar-refractivity contribution is -0.132. The minimum absolute atomic E-state index is 0.0171. The Hall–Kier alpha value is -4.18. The third-order valence-electron chi connectivity index (χ3n) is 5.18. The number of aliphatic hydroxyl groups is 1. The zero-order valence-corrected chi connectivity index (χ0v) is 19.8. The molecule has 1 amide bonds. The van der Waals surface area contributed by atoms with Crippen LogP contribution in [0.25, 0.3) is 5.76 Å². The van der Waals surface area contributed by atoms with Gasteiger partial charge >= 0.3 is 11.9 Å². The molecule has 0 aliphatic carbocycles. The standard InChI is InChI=1S/C25H22N2O7S/c1-4-11-34-24(31)22-14(3)26-25(35-22)27-19(17-10-7-12-33-17)18(21(29)23(27)30)20(28)15-8-6-9-16(13-15)32-5-2/h4,6-10,12-13,19,28H,1,5,11H2,2-3H3/b20-18+. The van der Waals surface area contributed by atoms with E-state index < -0.39 is 23.7 Å². The van der Waals surface area contributed by atoms with Crippen LogP contribution >= 0.6 is 11.3 Å². The van der Waals surface area contributed by atoms with Crippen LogP contribution in [-0.4, -0.2) is 41.0 Å². The molecular weight excluding hydrogens is 472 g/mol. The van der Waals surface area contributed by atoms with Gasteiger partial charge in [-0.2, -0.15) is 0 Å². The van der Waals surface area contributed by atoms with Gasteiger partial charge in [-0.25, -0.2) is 9.78 Å². The molecule has 9 nitrogen and oxygen atoms in total. The molecule has 1 aliphatic heterocycles. The Morgan fingerprint density at radius 3 is 2.80 bits per heavy atom. The number of thiazole rings is 1. The predicted molar refractivity (Wildman–Crippen MR) is 128 cm³/mol. The van der Waals surface area contributed by atoms with E-state index in [4.69, 9.17) is 13.9 Å². The Bertz CT molecular complexity index is 1320. The summed E-state index contributed by atoms with van der Waals surface area (Å²) in [7, 11) is 0. The van der Waals surface area contributed by atoms with Crippen molar-refractivity contribution in [2.45, 2.75) is 19.9 Å². The summed E-state index contributed by atoms with van der Waals surface area (Å²) in [5.41, 5.74) is 0.473. The number of ether oxygens (including phenoxy) is 2. The number of aromatic nitrogens is 1. The fourth-order valence-electron chi connectivity index (χ4n) is 3.68. The van der Waals surface area contributed by atoms with Crippen molar-refractivity contribution in [1.82, 2.24) is 4.98 Å². The highest BCUT2D eigenvalue weighted by molar-refractivity contribution is 7.17. The lowest BCUT2D eigenvalue weighted by Gasteiger charge is -2.20. The number of esters is 1. The van der Waals surface area contributed by atoms with Gasteiger partial charge in [-0.3, -0.25) is 14.5 Å². The number of Topliss-reactive ketones (excluding diaryl/α,β-unsaturated/α-hetero) is 1. The zero-order chi connectivity index (χ0) is 25.1. The van der Waals surface area contributed by atoms with E-state index in [0.717, 1.165) is 16.2 Å². The summed E-state index contributed by atoms with van der Waals surface area (Å²) in [5.74, 6) is -2.07. The minimum atomic E-state index is -1.09. The number of benzene rings is 1. The smallest absolute Gasteiger partial charge is 0.350 e. The van der Waals surface area contributed by atoms with E-state index in [9.17, 15) is 19.5 Å². The monoisotopic (exact) mass is 494 g/mol. The van der Waals surface area contributed by atoms with E-state index in [2.05, 4.69) is 11.6 Å². The molecule has 3 heterocycles. The Morgan fingerprint density at radius 1 is 1.31 bits per heavy atom. The molecule has 1 aromatic carbocycles. The van der Waals surface area contributed by atoms with Gasteiger partial charge in [0, 0.05) is 5.56 Å². The molecule has 4 rings (SSSR count). The van der Waals surface area contributed by atoms with Gasteiger partial charge < -0.3 is 19.0 Å². The number of carbonyl (C=O) groups excluding carboxylic acids is 3. The normalized spacial score (nSPS) is 17.0. The number of ketones is 1. The van der Waals surface area contributed by atoms with Crippen LogP contribution < -0.4 is 9.64 Å². The molecular formula is C25H22N2O7S. The van der Waals surface area contributed by atoms with E-state index in [1.807, 2.05) is 6.92 Å². The van der Waals surface area contributed by atoms with Gasteiger partial charge in [0.1, 0.15) is 34.8 Å². The number of aryl methyl sites for hydroxylation is 1. The molecule has 35 heavy (non-hydrogen) atoms. The van der Waals surface area contributed by atoms with Gasteiger partial charge in [0.05, 0.1) is 24.1 Å². The topological polar surface area (TPSA) is 119 Å². The van der Waals surface area contributed by atoms with Gasteiger partial charge in [-0.05, 0) is 38.1 Å². The molecule has 2 aromatic heterocycles. The summed E-state index contributed by atoms with van der Waals surface area (Å²) < 4.78 is 16.1. The van der Waals surface area contributed by atoms with Crippen LogP contribution in [0.4, 0.5) is 5.13 Å². The minimum Gasteiger partial charge on any atom is -0.507 e. The number of hydrogen-bond donors (Lipinski definition) is 1. The summed E-state index contributed by atoms with van der Waals surface area (Å²) in [6, 6.07) is 8.67. The molecule has 1 unspecified atom stereocenters. The molecule has 0 saturated carbocycles. The van der Waals surface area contributed by atoms with Crippen LogP contribution in [0.5, 0.6) is 5.75 Å². The van der Waals surface area contributed by atoms with Crippen molar-refractivity contribution in [2.75, 3.05) is 18.1 Å². The zero-order valence-electron chi connectivity index (χ0n) is 19.0. The number of furan rings is 1. The third-order valence-corrected chi connectivity index (χ3v) is 6.32. The number of hydrogen-bond acceptors (Lipinski definition) is 9. The largest absolute Gasteiger partial charge is 0.507 e. The lowest BCUT2D eigenvalue weighted by Crippen LogP contribution is -2.29. The van der Waals surface area contributed by atoms with Gasteiger partial charge in [-0.15, -0.1) is 0 Å². The summed E-state index contributed by atoms with van der Waals surface area (Å²) in [6.45, 7) is 7.37. The van der Waals surface area contributed by atoms with Crippen molar-refractivity contribution in [1.29, 1.82) is 0 Å². The number of amides is 1. The second kappa shape index (κ2) is 9.98. The maximum Gasteiger partial charge on any atom is 0.350 e.